The fraction of sp³-hybridized carbons (Fsp3) is 0.500. The van der Waals surface area contributed by atoms with Gasteiger partial charge < -0.3 is 15.0 Å². The zero-order chi connectivity index (χ0) is 23.2. The summed E-state index contributed by atoms with van der Waals surface area (Å²) in [4.78, 5) is 33.2. The van der Waals surface area contributed by atoms with Crippen molar-refractivity contribution in [3.05, 3.63) is 59.9 Å². The first-order valence-corrected chi connectivity index (χ1v) is 11.8. The molecule has 7 nitrogen and oxygen atoms in total. The normalized spacial score (nSPS) is 20.0. The van der Waals surface area contributed by atoms with E-state index in [1.807, 2.05) is 35.4 Å². The van der Waals surface area contributed by atoms with E-state index in [-0.39, 0.29) is 17.9 Å². The summed E-state index contributed by atoms with van der Waals surface area (Å²) in [6.45, 7) is 2.26. The maximum absolute atomic E-state index is 12.8. The number of hydrogen-bond acceptors (Lipinski definition) is 5. The first kappa shape index (κ1) is 23.2. The fourth-order valence-corrected chi connectivity index (χ4v) is 5.11. The fourth-order valence-electron chi connectivity index (χ4n) is 5.11. The van der Waals surface area contributed by atoms with Crippen LogP contribution in [0.4, 0.5) is 0 Å². The smallest absolute Gasteiger partial charge is 0.245 e. The van der Waals surface area contributed by atoms with Crippen molar-refractivity contribution in [2.24, 2.45) is 5.92 Å². The Morgan fingerprint density at radius 2 is 2.03 bits per heavy atom. The van der Waals surface area contributed by atoms with Gasteiger partial charge in [0, 0.05) is 38.3 Å². The summed E-state index contributed by atoms with van der Waals surface area (Å²) in [5.41, 5.74) is 2.31. The van der Waals surface area contributed by atoms with Crippen LogP contribution in [0.5, 0.6) is 5.75 Å². The standard InChI is InChI=1S/C26H34N4O3/c1-29(18-21-7-3-4-13-27-21)24(17-19-6-5-8-22(16-19)33-2)20-11-14-30(15-12-20)26(32)23-9-10-25(31)28-23/h3-8,13,16,20,23-24H,9-12,14-15,17-18H2,1-2H3,(H,28,31)/t23-,24?/m0/s1. The number of hydrogen-bond donors (Lipinski definition) is 1. The van der Waals surface area contributed by atoms with Gasteiger partial charge in [0.15, 0.2) is 0 Å². The van der Waals surface area contributed by atoms with Crippen LogP contribution in [0.2, 0.25) is 0 Å². The third-order valence-corrected chi connectivity index (χ3v) is 6.97. The SMILES string of the molecule is COc1cccc(CC(C2CCN(C(=O)[C@@H]3CCC(=O)N3)CC2)N(C)Cc2ccccn2)c1. The molecule has 0 radical (unpaired) electrons. The Balaban J connectivity index is 1.44. The lowest BCUT2D eigenvalue weighted by atomic mass is 9.84. The molecule has 1 unspecified atom stereocenters. The topological polar surface area (TPSA) is 74.8 Å². The number of benzene rings is 1. The van der Waals surface area contributed by atoms with E-state index in [0.717, 1.165) is 50.3 Å². The van der Waals surface area contributed by atoms with Gasteiger partial charge in [0.2, 0.25) is 11.8 Å². The molecule has 2 aliphatic rings. The second-order valence-corrected chi connectivity index (χ2v) is 9.18. The van der Waals surface area contributed by atoms with Crippen molar-refractivity contribution < 1.29 is 14.3 Å². The van der Waals surface area contributed by atoms with Crippen molar-refractivity contribution in [1.29, 1.82) is 0 Å². The number of ether oxygens (including phenoxy) is 1. The van der Waals surface area contributed by atoms with Gasteiger partial charge in [-0.15, -0.1) is 0 Å². The van der Waals surface area contributed by atoms with Gasteiger partial charge in [-0.05, 0) is 68.5 Å². The van der Waals surface area contributed by atoms with Crippen molar-refractivity contribution >= 4 is 11.8 Å². The lowest BCUT2D eigenvalue weighted by Gasteiger charge is -2.40. The molecule has 1 N–H and O–H groups in total. The molecule has 2 aliphatic heterocycles. The van der Waals surface area contributed by atoms with Crippen LogP contribution in [-0.2, 0) is 22.6 Å². The second-order valence-electron chi connectivity index (χ2n) is 9.18. The maximum atomic E-state index is 12.8. The van der Waals surface area contributed by atoms with Gasteiger partial charge in [0.1, 0.15) is 11.8 Å². The summed E-state index contributed by atoms with van der Waals surface area (Å²) in [7, 11) is 3.87. The highest BCUT2D eigenvalue weighted by atomic mass is 16.5. The summed E-state index contributed by atoms with van der Waals surface area (Å²) in [6.07, 6.45) is 5.72. The van der Waals surface area contributed by atoms with Crippen LogP contribution in [0.1, 0.15) is 36.9 Å². The van der Waals surface area contributed by atoms with Crippen LogP contribution >= 0.6 is 0 Å². The number of carbonyl (C=O) groups excluding carboxylic acids is 2. The van der Waals surface area contributed by atoms with E-state index < -0.39 is 0 Å². The predicted octanol–water partition coefficient (Wildman–Crippen LogP) is 2.65. The number of carbonyl (C=O) groups is 2. The molecule has 2 saturated heterocycles. The Bertz CT molecular complexity index is 944. The van der Waals surface area contributed by atoms with Gasteiger partial charge in [-0.25, -0.2) is 0 Å². The van der Waals surface area contributed by atoms with Crippen molar-refractivity contribution in [1.82, 2.24) is 20.1 Å². The molecule has 0 saturated carbocycles. The Hall–Kier alpha value is -2.93. The Morgan fingerprint density at radius 1 is 1.21 bits per heavy atom. The molecule has 33 heavy (non-hydrogen) atoms. The minimum atomic E-state index is -0.339. The molecule has 2 atom stereocenters. The number of methoxy groups -OCH3 is 1. The molecule has 7 heteroatoms. The average Bonchev–Trinajstić information content (AvgIpc) is 3.29. The summed E-state index contributed by atoms with van der Waals surface area (Å²) < 4.78 is 5.44. The van der Waals surface area contributed by atoms with Crippen molar-refractivity contribution in [2.45, 2.75) is 50.7 Å². The number of pyridine rings is 1. The minimum absolute atomic E-state index is 0.0160. The zero-order valence-electron chi connectivity index (χ0n) is 19.6. The van der Waals surface area contributed by atoms with E-state index >= 15 is 0 Å². The van der Waals surface area contributed by atoms with Gasteiger partial charge in [-0.2, -0.15) is 0 Å². The third-order valence-electron chi connectivity index (χ3n) is 6.97. The molecule has 0 aliphatic carbocycles. The highest BCUT2D eigenvalue weighted by Crippen LogP contribution is 2.29. The largest absolute Gasteiger partial charge is 0.497 e. The number of rotatable bonds is 8. The van der Waals surface area contributed by atoms with Gasteiger partial charge in [-0.1, -0.05) is 18.2 Å². The molecule has 1 aromatic heterocycles. The molecule has 3 heterocycles. The van der Waals surface area contributed by atoms with Crippen LogP contribution in [0.3, 0.4) is 0 Å². The Morgan fingerprint density at radius 3 is 2.70 bits per heavy atom. The number of nitrogens with zero attached hydrogens (tertiary/aromatic N) is 3. The maximum Gasteiger partial charge on any atom is 0.245 e. The average molecular weight is 451 g/mol. The Labute approximate surface area is 196 Å². The number of nitrogens with one attached hydrogen (secondary N) is 1. The van der Waals surface area contributed by atoms with E-state index in [0.29, 0.717) is 24.8 Å². The zero-order valence-corrected chi connectivity index (χ0v) is 19.6. The molecule has 176 valence electrons. The lowest BCUT2D eigenvalue weighted by molar-refractivity contribution is -0.136. The number of likely N-dealkylation sites (tertiary alicyclic amines) is 1. The quantitative estimate of drug-likeness (QED) is 0.669. The molecule has 2 aromatic rings. The second kappa shape index (κ2) is 10.8. The first-order chi connectivity index (χ1) is 16.0. The van der Waals surface area contributed by atoms with Crippen LogP contribution < -0.4 is 10.1 Å². The van der Waals surface area contributed by atoms with Crippen LogP contribution in [0.15, 0.2) is 48.7 Å². The summed E-state index contributed by atoms with van der Waals surface area (Å²) >= 11 is 0. The summed E-state index contributed by atoms with van der Waals surface area (Å²) in [6, 6.07) is 14.3. The highest BCUT2D eigenvalue weighted by Gasteiger charge is 2.35. The summed E-state index contributed by atoms with van der Waals surface area (Å²) in [5.74, 6) is 1.40. The molecule has 0 spiro atoms. The molecule has 1 aromatic carbocycles. The highest BCUT2D eigenvalue weighted by molar-refractivity contribution is 5.90. The van der Waals surface area contributed by atoms with Gasteiger partial charge >= 0.3 is 0 Å². The van der Waals surface area contributed by atoms with Crippen LogP contribution in [0.25, 0.3) is 0 Å². The molecular formula is C26H34N4O3. The van der Waals surface area contributed by atoms with Crippen molar-refractivity contribution in [3.63, 3.8) is 0 Å². The van der Waals surface area contributed by atoms with E-state index in [4.69, 9.17) is 4.74 Å². The Kier molecular flexibility index (Phi) is 7.60. The predicted molar refractivity (Wildman–Crippen MR) is 127 cm³/mol. The van der Waals surface area contributed by atoms with E-state index in [2.05, 4.69) is 40.4 Å². The molecule has 2 amide bonds. The number of piperidine rings is 1. The van der Waals surface area contributed by atoms with Gasteiger partial charge in [-0.3, -0.25) is 19.5 Å². The van der Waals surface area contributed by atoms with Crippen molar-refractivity contribution in [3.8, 4) is 5.75 Å². The molecule has 0 bridgehead atoms. The van der Waals surface area contributed by atoms with Gasteiger partial charge in [0.05, 0.1) is 12.8 Å². The van der Waals surface area contributed by atoms with Crippen LogP contribution in [-0.4, -0.2) is 65.9 Å². The lowest BCUT2D eigenvalue weighted by Crippen LogP contribution is -2.50. The van der Waals surface area contributed by atoms with Crippen LogP contribution in [0, 0.1) is 5.92 Å². The molecular weight excluding hydrogens is 416 g/mol. The minimum Gasteiger partial charge on any atom is -0.497 e. The third kappa shape index (κ3) is 5.90. The molecule has 2 fully saturated rings. The molecule has 4 rings (SSSR count). The summed E-state index contributed by atoms with van der Waals surface area (Å²) in [5, 5.41) is 2.82. The number of aromatic nitrogens is 1. The number of amides is 2. The number of likely N-dealkylation sites (N-methyl/N-ethyl adjacent to an activating group) is 1. The van der Waals surface area contributed by atoms with Gasteiger partial charge in [0.25, 0.3) is 0 Å². The van der Waals surface area contributed by atoms with E-state index in [1.165, 1.54) is 5.56 Å². The first-order valence-electron chi connectivity index (χ1n) is 11.8. The van der Waals surface area contributed by atoms with E-state index in [9.17, 15) is 9.59 Å². The monoisotopic (exact) mass is 450 g/mol. The van der Waals surface area contributed by atoms with E-state index in [1.54, 1.807) is 7.11 Å². The van der Waals surface area contributed by atoms with Crippen molar-refractivity contribution in [2.75, 3.05) is 27.2 Å².